The second-order valence-corrected chi connectivity index (χ2v) is 6.35. The molecule has 2 N–H and O–H groups in total. The molecule has 3 rings (SSSR count). The Morgan fingerprint density at radius 1 is 1.20 bits per heavy atom. The van der Waals surface area contributed by atoms with E-state index in [1.807, 2.05) is 23.1 Å². The Morgan fingerprint density at radius 3 is 2.76 bits per heavy atom. The third-order valence-corrected chi connectivity index (χ3v) is 4.51. The summed E-state index contributed by atoms with van der Waals surface area (Å²) < 4.78 is 0. The Morgan fingerprint density at radius 2 is 2.00 bits per heavy atom. The smallest absolute Gasteiger partial charge is 0.253 e. The van der Waals surface area contributed by atoms with Crippen molar-refractivity contribution in [2.24, 2.45) is 5.73 Å². The number of primary amides is 1. The summed E-state index contributed by atoms with van der Waals surface area (Å²) in [7, 11) is 0. The second-order valence-electron chi connectivity index (χ2n) is 6.35. The van der Waals surface area contributed by atoms with Gasteiger partial charge in [0.2, 0.25) is 5.91 Å². The Labute approximate surface area is 147 Å². The van der Waals surface area contributed by atoms with E-state index in [1.165, 1.54) is 0 Å². The molecule has 1 atom stereocenters. The standard InChI is InChI=1S/C19H22N4O2/c20-18(24)7-6-16-4-1-5-17(22-16)15-3-2-12-23(13-15)19(25)14-8-10-21-11-9-14/h1,4-5,8-11,15H,2-3,6-7,12-13H2,(H2,20,24)/t15-/m1/s1. The van der Waals surface area contributed by atoms with Gasteiger partial charge in [-0.1, -0.05) is 6.07 Å². The number of nitrogens with two attached hydrogens (primary N) is 1. The van der Waals surface area contributed by atoms with Crippen LogP contribution in [0.15, 0.2) is 42.7 Å². The fraction of sp³-hybridized carbons (Fsp3) is 0.368. The van der Waals surface area contributed by atoms with Gasteiger partial charge in [0.15, 0.2) is 0 Å². The Hall–Kier alpha value is -2.76. The molecule has 6 heteroatoms. The number of rotatable bonds is 5. The molecule has 1 aliphatic heterocycles. The van der Waals surface area contributed by atoms with Gasteiger partial charge >= 0.3 is 0 Å². The zero-order valence-electron chi connectivity index (χ0n) is 14.1. The van der Waals surface area contributed by atoms with Crippen LogP contribution in [-0.4, -0.2) is 39.8 Å². The van der Waals surface area contributed by atoms with Crippen LogP contribution in [0.2, 0.25) is 0 Å². The summed E-state index contributed by atoms with van der Waals surface area (Å²) in [4.78, 5) is 34.1. The third kappa shape index (κ3) is 4.41. The maximum atomic E-state index is 12.6. The fourth-order valence-corrected chi connectivity index (χ4v) is 3.20. The van der Waals surface area contributed by atoms with Gasteiger partial charge in [0, 0.05) is 54.8 Å². The number of nitrogens with zero attached hydrogens (tertiary/aromatic N) is 3. The lowest BCUT2D eigenvalue weighted by Crippen LogP contribution is -2.39. The molecule has 1 aliphatic rings. The summed E-state index contributed by atoms with van der Waals surface area (Å²) in [6.45, 7) is 1.42. The van der Waals surface area contributed by atoms with Crippen LogP contribution in [0.5, 0.6) is 0 Å². The minimum absolute atomic E-state index is 0.0389. The maximum Gasteiger partial charge on any atom is 0.253 e. The number of carbonyl (C=O) groups is 2. The zero-order valence-corrected chi connectivity index (χ0v) is 14.1. The van der Waals surface area contributed by atoms with Crippen molar-refractivity contribution in [1.82, 2.24) is 14.9 Å². The highest BCUT2D eigenvalue weighted by atomic mass is 16.2. The summed E-state index contributed by atoms with van der Waals surface area (Å²) in [6.07, 6.45) is 6.08. The van der Waals surface area contributed by atoms with Crippen LogP contribution in [0, 0.1) is 0 Å². The van der Waals surface area contributed by atoms with Crippen molar-refractivity contribution < 1.29 is 9.59 Å². The molecule has 2 aromatic heterocycles. The number of hydrogen-bond donors (Lipinski definition) is 1. The molecule has 0 spiro atoms. The van der Waals surface area contributed by atoms with Crippen LogP contribution in [-0.2, 0) is 11.2 Å². The molecule has 0 radical (unpaired) electrons. The molecule has 2 amide bonds. The Balaban J connectivity index is 1.70. The Kier molecular flexibility index (Phi) is 5.38. The van der Waals surface area contributed by atoms with Gasteiger partial charge in [-0.3, -0.25) is 19.6 Å². The van der Waals surface area contributed by atoms with E-state index in [4.69, 9.17) is 5.73 Å². The first kappa shape index (κ1) is 17.1. The molecule has 0 bridgehead atoms. The van der Waals surface area contributed by atoms with E-state index < -0.39 is 0 Å². The van der Waals surface area contributed by atoms with Crippen LogP contribution in [0.25, 0.3) is 0 Å². The lowest BCUT2D eigenvalue weighted by Gasteiger charge is -2.32. The molecule has 0 saturated carbocycles. The summed E-state index contributed by atoms with van der Waals surface area (Å²) >= 11 is 0. The summed E-state index contributed by atoms with van der Waals surface area (Å²) in [5, 5.41) is 0. The minimum Gasteiger partial charge on any atom is -0.370 e. The second kappa shape index (κ2) is 7.88. The average molecular weight is 338 g/mol. The van der Waals surface area contributed by atoms with Crippen molar-refractivity contribution in [1.29, 1.82) is 0 Å². The van der Waals surface area contributed by atoms with Crippen LogP contribution in [0.1, 0.15) is 46.9 Å². The molecule has 1 saturated heterocycles. The van der Waals surface area contributed by atoms with Crippen molar-refractivity contribution in [2.45, 2.75) is 31.6 Å². The summed E-state index contributed by atoms with van der Waals surface area (Å²) in [5.74, 6) is -0.0657. The van der Waals surface area contributed by atoms with Crippen molar-refractivity contribution >= 4 is 11.8 Å². The molecule has 0 unspecified atom stereocenters. The fourth-order valence-electron chi connectivity index (χ4n) is 3.20. The van der Waals surface area contributed by atoms with E-state index in [0.29, 0.717) is 24.9 Å². The molecule has 2 aromatic rings. The van der Waals surface area contributed by atoms with E-state index in [2.05, 4.69) is 9.97 Å². The molecular formula is C19H22N4O2. The molecule has 3 heterocycles. The van der Waals surface area contributed by atoms with Crippen LogP contribution < -0.4 is 5.73 Å². The number of amides is 2. The highest BCUT2D eigenvalue weighted by Gasteiger charge is 2.26. The molecule has 0 aliphatic carbocycles. The van der Waals surface area contributed by atoms with Gasteiger partial charge in [-0.05, 0) is 43.5 Å². The first-order valence-corrected chi connectivity index (χ1v) is 8.57. The molecule has 1 fully saturated rings. The van der Waals surface area contributed by atoms with Gasteiger partial charge in [0.05, 0.1) is 0 Å². The Bertz CT molecular complexity index is 748. The molecule has 0 aromatic carbocycles. The van der Waals surface area contributed by atoms with Crippen LogP contribution >= 0.6 is 0 Å². The first-order chi connectivity index (χ1) is 12.1. The van der Waals surface area contributed by atoms with Crippen molar-refractivity contribution in [3.63, 3.8) is 0 Å². The van der Waals surface area contributed by atoms with E-state index in [-0.39, 0.29) is 17.7 Å². The SMILES string of the molecule is NC(=O)CCc1cccc([C@@H]2CCCN(C(=O)c3ccncc3)C2)n1. The molecular weight excluding hydrogens is 316 g/mol. The predicted octanol–water partition coefficient (Wildman–Crippen LogP) is 1.91. The van der Waals surface area contributed by atoms with E-state index in [0.717, 1.165) is 30.8 Å². The number of aryl methyl sites for hydroxylation is 1. The number of likely N-dealkylation sites (tertiary alicyclic amines) is 1. The maximum absolute atomic E-state index is 12.6. The van der Waals surface area contributed by atoms with Gasteiger partial charge in [0.25, 0.3) is 5.91 Å². The number of piperidine rings is 1. The lowest BCUT2D eigenvalue weighted by molar-refractivity contribution is -0.118. The largest absolute Gasteiger partial charge is 0.370 e. The van der Waals surface area contributed by atoms with Gasteiger partial charge in [0.1, 0.15) is 0 Å². The van der Waals surface area contributed by atoms with Crippen molar-refractivity contribution in [2.75, 3.05) is 13.1 Å². The molecule has 130 valence electrons. The zero-order chi connectivity index (χ0) is 17.6. The number of aromatic nitrogens is 2. The van der Waals surface area contributed by atoms with Gasteiger partial charge < -0.3 is 10.6 Å². The van der Waals surface area contributed by atoms with Gasteiger partial charge in [-0.15, -0.1) is 0 Å². The third-order valence-electron chi connectivity index (χ3n) is 4.51. The summed E-state index contributed by atoms with van der Waals surface area (Å²) in [5.41, 5.74) is 7.73. The lowest BCUT2D eigenvalue weighted by atomic mass is 9.93. The highest BCUT2D eigenvalue weighted by molar-refractivity contribution is 5.94. The molecule has 6 nitrogen and oxygen atoms in total. The topological polar surface area (TPSA) is 89.2 Å². The molecule has 25 heavy (non-hydrogen) atoms. The number of hydrogen-bond acceptors (Lipinski definition) is 4. The quantitative estimate of drug-likeness (QED) is 0.902. The monoisotopic (exact) mass is 338 g/mol. The van der Waals surface area contributed by atoms with Crippen molar-refractivity contribution in [3.8, 4) is 0 Å². The van der Waals surface area contributed by atoms with Gasteiger partial charge in [-0.2, -0.15) is 0 Å². The normalized spacial score (nSPS) is 17.3. The predicted molar refractivity (Wildman–Crippen MR) is 93.9 cm³/mol. The summed E-state index contributed by atoms with van der Waals surface area (Å²) in [6, 6.07) is 9.36. The van der Waals surface area contributed by atoms with Crippen LogP contribution in [0.3, 0.4) is 0 Å². The van der Waals surface area contributed by atoms with E-state index in [9.17, 15) is 9.59 Å². The van der Waals surface area contributed by atoms with E-state index in [1.54, 1.807) is 24.5 Å². The highest BCUT2D eigenvalue weighted by Crippen LogP contribution is 2.26. The number of carbonyl (C=O) groups excluding carboxylic acids is 2. The average Bonchev–Trinajstić information content (AvgIpc) is 2.67. The minimum atomic E-state index is -0.320. The van der Waals surface area contributed by atoms with E-state index >= 15 is 0 Å². The first-order valence-electron chi connectivity index (χ1n) is 8.57. The van der Waals surface area contributed by atoms with Crippen LogP contribution in [0.4, 0.5) is 0 Å². The number of pyridine rings is 2. The van der Waals surface area contributed by atoms with Gasteiger partial charge in [-0.25, -0.2) is 0 Å². The van der Waals surface area contributed by atoms with Crippen molar-refractivity contribution in [3.05, 3.63) is 59.7 Å².